The number of hydrogen-bond acceptors (Lipinski definition) is 4. The molecule has 0 saturated carbocycles. The normalized spacial score (nSPS) is 30.0. The zero-order valence-electron chi connectivity index (χ0n) is 17.9. The van der Waals surface area contributed by atoms with Crippen molar-refractivity contribution in [2.45, 2.75) is 49.7 Å². The van der Waals surface area contributed by atoms with E-state index in [1.165, 1.54) is 16.7 Å². The number of amides is 1. The lowest BCUT2D eigenvalue weighted by Gasteiger charge is -2.35. The first-order valence-corrected chi connectivity index (χ1v) is 11.7. The summed E-state index contributed by atoms with van der Waals surface area (Å²) in [5.41, 5.74) is 3.76. The number of fused-ring (bicyclic) bond motifs is 1. The second-order valence-electron chi connectivity index (χ2n) is 9.60. The standard InChI is InChI=1S/C26H30N2O3/c29-11-12-31-23-8-3-7-20(15-23)24-16-21-17-27(25(30)26(21)9-4-10-28(24)26)22-13-18-5-1-2-6-19(18)14-22/h1-3,5-8,15,21-22,24,29H,4,9-14,16-17H2/t21-,24-,26-/m0/s1. The second-order valence-corrected chi connectivity index (χ2v) is 9.60. The van der Waals surface area contributed by atoms with Crippen LogP contribution < -0.4 is 4.74 Å². The van der Waals surface area contributed by atoms with Gasteiger partial charge in [-0.15, -0.1) is 0 Å². The van der Waals surface area contributed by atoms with Gasteiger partial charge in [0.05, 0.1) is 6.61 Å². The van der Waals surface area contributed by atoms with Crippen molar-refractivity contribution in [3.63, 3.8) is 0 Å². The molecular weight excluding hydrogens is 388 g/mol. The van der Waals surface area contributed by atoms with E-state index in [-0.39, 0.29) is 18.2 Å². The number of hydrogen-bond donors (Lipinski definition) is 1. The molecule has 5 nitrogen and oxygen atoms in total. The Kier molecular flexibility index (Phi) is 4.58. The van der Waals surface area contributed by atoms with E-state index in [4.69, 9.17) is 9.84 Å². The smallest absolute Gasteiger partial charge is 0.243 e. The lowest BCUT2D eigenvalue weighted by molar-refractivity contribution is -0.138. The maximum absolute atomic E-state index is 13.9. The Morgan fingerprint density at radius 1 is 1.10 bits per heavy atom. The Balaban J connectivity index is 1.25. The van der Waals surface area contributed by atoms with E-state index in [0.717, 1.165) is 50.9 Å². The minimum atomic E-state index is -0.304. The van der Waals surface area contributed by atoms with E-state index in [0.29, 0.717) is 24.5 Å². The number of aliphatic hydroxyl groups excluding tert-OH is 1. The molecule has 3 heterocycles. The molecule has 162 valence electrons. The molecule has 4 aliphatic rings. The summed E-state index contributed by atoms with van der Waals surface area (Å²) < 4.78 is 5.65. The first-order valence-electron chi connectivity index (χ1n) is 11.7. The molecule has 1 spiro atoms. The molecule has 2 aromatic rings. The van der Waals surface area contributed by atoms with Crippen LogP contribution >= 0.6 is 0 Å². The van der Waals surface area contributed by atoms with E-state index in [9.17, 15) is 4.79 Å². The van der Waals surface area contributed by atoms with Crippen molar-refractivity contribution >= 4 is 5.91 Å². The van der Waals surface area contributed by atoms with Crippen LogP contribution in [0.4, 0.5) is 0 Å². The van der Waals surface area contributed by atoms with E-state index in [1.807, 2.05) is 12.1 Å². The Morgan fingerprint density at radius 2 is 1.90 bits per heavy atom. The first kappa shape index (κ1) is 19.3. The SMILES string of the molecule is O=C1N(C2Cc3ccccc3C2)C[C@@H]2C[C@@H](c3cccc(OCCO)c3)N3CCC[C@@]123. The van der Waals surface area contributed by atoms with Crippen LogP contribution in [0.1, 0.15) is 42.0 Å². The summed E-state index contributed by atoms with van der Waals surface area (Å²) in [4.78, 5) is 18.7. The first-order chi connectivity index (χ1) is 15.2. The molecule has 3 fully saturated rings. The molecule has 0 radical (unpaired) electrons. The molecule has 3 aliphatic heterocycles. The van der Waals surface area contributed by atoms with Crippen LogP contribution in [0.2, 0.25) is 0 Å². The van der Waals surface area contributed by atoms with E-state index in [1.54, 1.807) is 0 Å². The quantitative estimate of drug-likeness (QED) is 0.811. The van der Waals surface area contributed by atoms with Gasteiger partial charge in [0, 0.05) is 24.5 Å². The number of ether oxygens (including phenoxy) is 1. The van der Waals surface area contributed by atoms with Crippen LogP contribution in [0.3, 0.4) is 0 Å². The summed E-state index contributed by atoms with van der Waals surface area (Å²) in [5.74, 6) is 1.58. The number of carbonyl (C=O) groups is 1. The second kappa shape index (κ2) is 7.35. The lowest BCUT2D eigenvalue weighted by atomic mass is 9.85. The molecule has 0 aromatic heterocycles. The fourth-order valence-corrected chi connectivity index (χ4v) is 6.89. The fourth-order valence-electron chi connectivity index (χ4n) is 6.89. The molecule has 0 unspecified atom stereocenters. The van der Waals surface area contributed by atoms with Crippen LogP contribution in [-0.4, -0.2) is 58.7 Å². The fraction of sp³-hybridized carbons (Fsp3) is 0.500. The van der Waals surface area contributed by atoms with Crippen molar-refractivity contribution in [1.82, 2.24) is 9.80 Å². The summed E-state index contributed by atoms with van der Waals surface area (Å²) in [7, 11) is 0. The molecule has 0 bridgehead atoms. The molecule has 3 atom stereocenters. The van der Waals surface area contributed by atoms with Crippen molar-refractivity contribution in [1.29, 1.82) is 0 Å². The van der Waals surface area contributed by atoms with Gasteiger partial charge >= 0.3 is 0 Å². The maximum atomic E-state index is 13.9. The number of aliphatic hydroxyl groups is 1. The molecule has 6 rings (SSSR count). The number of carbonyl (C=O) groups excluding carboxylic acids is 1. The minimum absolute atomic E-state index is 0.0142. The summed E-state index contributed by atoms with van der Waals surface area (Å²) in [6, 6.07) is 17.5. The Hall–Kier alpha value is -2.37. The third-order valence-electron chi connectivity index (χ3n) is 8.15. The molecular formula is C26H30N2O3. The Morgan fingerprint density at radius 3 is 2.68 bits per heavy atom. The summed E-state index contributed by atoms with van der Waals surface area (Å²) in [5, 5.41) is 9.07. The van der Waals surface area contributed by atoms with Crippen molar-refractivity contribution < 1.29 is 14.6 Å². The zero-order valence-corrected chi connectivity index (χ0v) is 17.9. The summed E-state index contributed by atoms with van der Waals surface area (Å²) in [6.07, 6.45) is 5.12. The van der Waals surface area contributed by atoms with Gasteiger partial charge in [-0.1, -0.05) is 36.4 Å². The predicted molar refractivity (Wildman–Crippen MR) is 118 cm³/mol. The highest BCUT2D eigenvalue weighted by Crippen LogP contribution is 2.56. The van der Waals surface area contributed by atoms with Crippen molar-refractivity contribution in [3.8, 4) is 5.75 Å². The highest BCUT2D eigenvalue weighted by atomic mass is 16.5. The Bertz CT molecular complexity index is 983. The third-order valence-corrected chi connectivity index (χ3v) is 8.15. The van der Waals surface area contributed by atoms with Gasteiger partial charge < -0.3 is 14.7 Å². The third kappa shape index (κ3) is 2.86. The molecule has 31 heavy (non-hydrogen) atoms. The monoisotopic (exact) mass is 418 g/mol. The molecule has 1 N–H and O–H groups in total. The van der Waals surface area contributed by atoms with E-state index >= 15 is 0 Å². The van der Waals surface area contributed by atoms with Crippen LogP contribution in [0.15, 0.2) is 48.5 Å². The van der Waals surface area contributed by atoms with Crippen LogP contribution in [0.25, 0.3) is 0 Å². The van der Waals surface area contributed by atoms with Gasteiger partial charge in [-0.2, -0.15) is 0 Å². The summed E-state index contributed by atoms with van der Waals surface area (Å²) >= 11 is 0. The van der Waals surface area contributed by atoms with Crippen LogP contribution in [0.5, 0.6) is 5.75 Å². The molecule has 1 aliphatic carbocycles. The maximum Gasteiger partial charge on any atom is 0.243 e. The van der Waals surface area contributed by atoms with Gasteiger partial charge in [0.15, 0.2) is 0 Å². The number of rotatable bonds is 5. The van der Waals surface area contributed by atoms with Gasteiger partial charge in [-0.05, 0) is 67.5 Å². The molecule has 3 saturated heterocycles. The molecule has 1 amide bonds. The van der Waals surface area contributed by atoms with Crippen molar-refractivity contribution in [2.24, 2.45) is 5.92 Å². The zero-order chi connectivity index (χ0) is 21.0. The average molecular weight is 419 g/mol. The highest BCUT2D eigenvalue weighted by molar-refractivity contribution is 5.90. The molecule has 5 heteroatoms. The predicted octanol–water partition coefficient (Wildman–Crippen LogP) is 2.96. The lowest BCUT2D eigenvalue weighted by Crippen LogP contribution is -2.51. The average Bonchev–Trinajstić information content (AvgIpc) is 3.53. The van der Waals surface area contributed by atoms with Crippen molar-refractivity contribution in [3.05, 3.63) is 65.2 Å². The van der Waals surface area contributed by atoms with E-state index < -0.39 is 0 Å². The van der Waals surface area contributed by atoms with Gasteiger partial charge in [-0.3, -0.25) is 9.69 Å². The minimum Gasteiger partial charge on any atom is -0.491 e. The van der Waals surface area contributed by atoms with Crippen molar-refractivity contribution in [2.75, 3.05) is 26.3 Å². The number of nitrogens with zero attached hydrogens (tertiary/aromatic N) is 2. The number of benzene rings is 2. The van der Waals surface area contributed by atoms with E-state index in [2.05, 4.69) is 46.2 Å². The topological polar surface area (TPSA) is 53.0 Å². The van der Waals surface area contributed by atoms with Gasteiger partial charge in [0.25, 0.3) is 0 Å². The summed E-state index contributed by atoms with van der Waals surface area (Å²) in [6.45, 7) is 2.21. The number of likely N-dealkylation sites (tertiary alicyclic amines) is 1. The van der Waals surface area contributed by atoms with Gasteiger partial charge in [0.1, 0.15) is 17.9 Å². The van der Waals surface area contributed by atoms with Gasteiger partial charge in [0.2, 0.25) is 5.91 Å². The van der Waals surface area contributed by atoms with Crippen LogP contribution in [-0.2, 0) is 17.6 Å². The van der Waals surface area contributed by atoms with Crippen LogP contribution in [0, 0.1) is 5.92 Å². The Labute approximate surface area is 183 Å². The molecule has 2 aromatic carbocycles. The largest absolute Gasteiger partial charge is 0.491 e. The van der Waals surface area contributed by atoms with Gasteiger partial charge in [-0.25, -0.2) is 0 Å². The highest BCUT2D eigenvalue weighted by Gasteiger charge is 2.65.